The van der Waals surface area contributed by atoms with E-state index in [0.717, 1.165) is 0 Å². The molecule has 92 valence electrons. The molecule has 6 heteroatoms. The van der Waals surface area contributed by atoms with Gasteiger partial charge in [-0.2, -0.15) is 0 Å². The summed E-state index contributed by atoms with van der Waals surface area (Å²) in [6.07, 6.45) is -1.64. The van der Waals surface area contributed by atoms with E-state index < -0.39 is 30.3 Å². The molecule has 1 aliphatic rings. The Hall–Kier alpha value is -1.14. The van der Waals surface area contributed by atoms with Crippen LogP contribution in [0.15, 0.2) is 0 Å². The fourth-order valence-corrected chi connectivity index (χ4v) is 1.59. The van der Waals surface area contributed by atoms with Gasteiger partial charge in [0.2, 0.25) is 0 Å². The Kier molecular flexibility index (Phi) is 4.70. The number of ether oxygens (including phenoxy) is 4. The summed E-state index contributed by atoms with van der Waals surface area (Å²) in [5.74, 6) is -0.881. The molecular formula is C10H16O6. The maximum absolute atomic E-state index is 10.9. The molecule has 3 atom stereocenters. The third-order valence-electron chi connectivity index (χ3n) is 2.22. The van der Waals surface area contributed by atoms with E-state index in [4.69, 9.17) is 18.9 Å². The molecule has 1 saturated heterocycles. The van der Waals surface area contributed by atoms with E-state index in [-0.39, 0.29) is 6.61 Å². The molecule has 16 heavy (non-hydrogen) atoms. The molecule has 0 bridgehead atoms. The molecule has 6 nitrogen and oxygen atoms in total. The number of hydrogen-bond acceptors (Lipinski definition) is 6. The third-order valence-corrected chi connectivity index (χ3v) is 2.22. The molecule has 0 unspecified atom stereocenters. The minimum atomic E-state index is -0.611. The second-order valence-electron chi connectivity index (χ2n) is 3.53. The van der Waals surface area contributed by atoms with Crippen molar-refractivity contribution in [3.8, 4) is 0 Å². The summed E-state index contributed by atoms with van der Waals surface area (Å²) in [5, 5.41) is 0. The predicted molar refractivity (Wildman–Crippen MR) is 52.7 cm³/mol. The summed E-state index contributed by atoms with van der Waals surface area (Å²) in [4.78, 5) is 21.8. The van der Waals surface area contributed by atoms with Crippen LogP contribution in [-0.4, -0.2) is 50.6 Å². The zero-order valence-electron chi connectivity index (χ0n) is 9.60. The molecule has 1 fully saturated rings. The lowest BCUT2D eigenvalue weighted by molar-refractivity contribution is -0.203. The number of esters is 2. The van der Waals surface area contributed by atoms with Crippen LogP contribution in [0.2, 0.25) is 0 Å². The topological polar surface area (TPSA) is 71.1 Å². The van der Waals surface area contributed by atoms with Gasteiger partial charge in [0.15, 0.2) is 12.2 Å². The van der Waals surface area contributed by atoms with Crippen LogP contribution in [0.25, 0.3) is 0 Å². The largest absolute Gasteiger partial charge is 0.456 e. The van der Waals surface area contributed by atoms with E-state index in [2.05, 4.69) is 0 Å². The molecule has 0 amide bonds. The van der Waals surface area contributed by atoms with Gasteiger partial charge in [0.1, 0.15) is 6.10 Å². The summed E-state index contributed by atoms with van der Waals surface area (Å²) >= 11 is 0. The van der Waals surface area contributed by atoms with Crippen molar-refractivity contribution in [1.29, 1.82) is 0 Å². The smallest absolute Gasteiger partial charge is 0.303 e. The fourth-order valence-electron chi connectivity index (χ4n) is 1.59. The lowest BCUT2D eigenvalue weighted by atomic mass is 10.1. The van der Waals surface area contributed by atoms with Crippen LogP contribution in [0, 0.1) is 0 Å². The van der Waals surface area contributed by atoms with Crippen molar-refractivity contribution in [3.63, 3.8) is 0 Å². The summed E-state index contributed by atoms with van der Waals surface area (Å²) in [6, 6.07) is 0. The maximum atomic E-state index is 10.9. The Morgan fingerprint density at radius 3 is 2.12 bits per heavy atom. The van der Waals surface area contributed by atoms with Crippen molar-refractivity contribution in [3.05, 3.63) is 0 Å². The summed E-state index contributed by atoms with van der Waals surface area (Å²) in [6.45, 7) is 3.11. The van der Waals surface area contributed by atoms with Gasteiger partial charge in [0, 0.05) is 21.0 Å². The van der Waals surface area contributed by atoms with E-state index in [0.29, 0.717) is 6.61 Å². The molecule has 0 saturated carbocycles. The number of rotatable bonds is 3. The molecule has 0 aromatic heterocycles. The van der Waals surface area contributed by atoms with Gasteiger partial charge in [-0.25, -0.2) is 0 Å². The summed E-state index contributed by atoms with van der Waals surface area (Å²) in [5.41, 5.74) is 0. The first-order chi connectivity index (χ1) is 7.54. The minimum Gasteiger partial charge on any atom is -0.456 e. The summed E-state index contributed by atoms with van der Waals surface area (Å²) < 4.78 is 20.4. The van der Waals surface area contributed by atoms with Crippen molar-refractivity contribution >= 4 is 11.9 Å². The van der Waals surface area contributed by atoms with Crippen molar-refractivity contribution in [1.82, 2.24) is 0 Å². The normalized spacial score (nSPS) is 29.6. The van der Waals surface area contributed by atoms with Gasteiger partial charge in [0.25, 0.3) is 0 Å². The number of methoxy groups -OCH3 is 1. The Morgan fingerprint density at radius 1 is 1.06 bits per heavy atom. The fraction of sp³-hybridized carbons (Fsp3) is 0.800. The molecular weight excluding hydrogens is 216 g/mol. The maximum Gasteiger partial charge on any atom is 0.303 e. The highest BCUT2D eigenvalue weighted by Gasteiger charge is 2.38. The predicted octanol–water partition coefficient (Wildman–Crippen LogP) is -0.105. The van der Waals surface area contributed by atoms with E-state index in [1.807, 2.05) is 0 Å². The SMILES string of the molecule is CO[C@@H]1COC[C@@H](OC(C)=O)[C@@H]1OC(C)=O. The second kappa shape index (κ2) is 5.81. The molecule has 0 spiro atoms. The van der Waals surface area contributed by atoms with Gasteiger partial charge in [0.05, 0.1) is 13.2 Å². The average molecular weight is 232 g/mol. The van der Waals surface area contributed by atoms with Crippen LogP contribution in [0.4, 0.5) is 0 Å². The van der Waals surface area contributed by atoms with Gasteiger partial charge < -0.3 is 18.9 Å². The van der Waals surface area contributed by atoms with E-state index in [9.17, 15) is 9.59 Å². The lowest BCUT2D eigenvalue weighted by Gasteiger charge is -2.35. The Bertz CT molecular complexity index is 264. The molecule has 0 aromatic rings. The summed E-state index contributed by atoms with van der Waals surface area (Å²) in [7, 11) is 1.49. The lowest BCUT2D eigenvalue weighted by Crippen LogP contribution is -2.52. The van der Waals surface area contributed by atoms with E-state index in [1.54, 1.807) is 0 Å². The second-order valence-corrected chi connectivity index (χ2v) is 3.53. The first-order valence-corrected chi connectivity index (χ1v) is 4.99. The van der Waals surface area contributed by atoms with Crippen molar-refractivity contribution in [2.24, 2.45) is 0 Å². The van der Waals surface area contributed by atoms with Gasteiger partial charge in [-0.3, -0.25) is 9.59 Å². The van der Waals surface area contributed by atoms with Gasteiger partial charge in [-0.05, 0) is 0 Å². The van der Waals surface area contributed by atoms with E-state index >= 15 is 0 Å². The van der Waals surface area contributed by atoms with Crippen LogP contribution < -0.4 is 0 Å². The first-order valence-electron chi connectivity index (χ1n) is 4.99. The highest BCUT2D eigenvalue weighted by Crippen LogP contribution is 2.18. The number of hydrogen-bond donors (Lipinski definition) is 0. The van der Waals surface area contributed by atoms with Gasteiger partial charge in [-0.1, -0.05) is 0 Å². The zero-order chi connectivity index (χ0) is 12.1. The van der Waals surface area contributed by atoms with Crippen molar-refractivity contribution in [2.75, 3.05) is 20.3 Å². The Balaban J connectivity index is 2.69. The van der Waals surface area contributed by atoms with Crippen LogP contribution >= 0.6 is 0 Å². The van der Waals surface area contributed by atoms with Crippen LogP contribution in [0.5, 0.6) is 0 Å². The molecule has 0 radical (unpaired) electrons. The average Bonchev–Trinajstić information content (AvgIpc) is 2.19. The standard InChI is InChI=1S/C10H16O6/c1-6(11)15-9-5-14-4-8(13-3)10(9)16-7(2)12/h8-10H,4-5H2,1-3H3/t8-,9-,10-/m1/s1. The van der Waals surface area contributed by atoms with Gasteiger partial charge >= 0.3 is 11.9 Å². The minimum absolute atomic E-state index is 0.206. The van der Waals surface area contributed by atoms with Crippen molar-refractivity contribution in [2.45, 2.75) is 32.2 Å². The molecule has 1 rings (SSSR count). The van der Waals surface area contributed by atoms with E-state index in [1.165, 1.54) is 21.0 Å². The highest BCUT2D eigenvalue weighted by atomic mass is 16.6. The number of carbonyl (C=O) groups is 2. The molecule has 0 N–H and O–H groups in total. The molecule has 0 aromatic carbocycles. The molecule has 0 aliphatic carbocycles. The van der Waals surface area contributed by atoms with Crippen LogP contribution in [0.3, 0.4) is 0 Å². The Morgan fingerprint density at radius 2 is 1.62 bits per heavy atom. The van der Waals surface area contributed by atoms with Crippen LogP contribution in [0.1, 0.15) is 13.8 Å². The molecule has 1 heterocycles. The Labute approximate surface area is 93.8 Å². The van der Waals surface area contributed by atoms with Crippen molar-refractivity contribution < 1.29 is 28.5 Å². The van der Waals surface area contributed by atoms with Crippen LogP contribution in [-0.2, 0) is 28.5 Å². The quantitative estimate of drug-likeness (QED) is 0.632. The van der Waals surface area contributed by atoms with Gasteiger partial charge in [-0.15, -0.1) is 0 Å². The molecule has 1 aliphatic heterocycles. The highest BCUT2D eigenvalue weighted by molar-refractivity contribution is 5.67. The monoisotopic (exact) mass is 232 g/mol. The number of carbonyl (C=O) groups excluding carboxylic acids is 2. The zero-order valence-corrected chi connectivity index (χ0v) is 9.60. The third kappa shape index (κ3) is 3.46. The first kappa shape index (κ1) is 12.9.